The van der Waals surface area contributed by atoms with E-state index >= 15 is 0 Å². The molecule has 1 saturated carbocycles. The third-order valence-electron chi connectivity index (χ3n) is 4.75. The third kappa shape index (κ3) is 3.38. The molecular weight excluding hydrogens is 402 g/mol. The Kier molecular flexibility index (Phi) is 4.57. The summed E-state index contributed by atoms with van der Waals surface area (Å²) in [5.41, 5.74) is -1.67. The Balaban J connectivity index is 1.66. The predicted molar refractivity (Wildman–Crippen MR) is 90.2 cm³/mol. The smallest absolute Gasteiger partial charge is 0.352 e. The minimum Gasteiger partial charge on any atom is -0.352 e. The van der Waals surface area contributed by atoms with Gasteiger partial charge in [0.05, 0.1) is 16.0 Å². The Morgan fingerprint density at radius 3 is 2.24 bits per heavy atom. The molecular formula is C15H15Cl3F3N3O. The lowest BCUT2D eigenvalue weighted by molar-refractivity contribution is -0.138. The normalized spacial score (nSPS) is 25.9. The van der Waals surface area contributed by atoms with Crippen LogP contribution >= 0.6 is 34.8 Å². The summed E-state index contributed by atoms with van der Waals surface area (Å²) < 4.78 is 37.0. The number of hydrogen-bond acceptors (Lipinski definition) is 3. The van der Waals surface area contributed by atoms with Gasteiger partial charge < -0.3 is 9.80 Å². The van der Waals surface area contributed by atoms with Crippen LogP contribution in [0.1, 0.15) is 18.9 Å². The zero-order valence-electron chi connectivity index (χ0n) is 13.2. The largest absolute Gasteiger partial charge is 0.417 e. The van der Waals surface area contributed by atoms with Crippen LogP contribution in [0.25, 0.3) is 0 Å². The molecule has 1 amide bonds. The molecule has 25 heavy (non-hydrogen) atoms. The summed E-state index contributed by atoms with van der Waals surface area (Å²) in [6, 6.07) is 0.863. The molecule has 4 nitrogen and oxygen atoms in total. The van der Waals surface area contributed by atoms with Crippen LogP contribution in [0.5, 0.6) is 0 Å². The Labute approximate surface area is 157 Å². The number of anilines is 1. The zero-order chi connectivity index (χ0) is 18.6. The summed E-state index contributed by atoms with van der Waals surface area (Å²) in [7, 11) is 0. The lowest BCUT2D eigenvalue weighted by atomic mass is 10.1. The van der Waals surface area contributed by atoms with Crippen molar-refractivity contribution in [1.29, 1.82) is 0 Å². The molecule has 2 heterocycles. The summed E-state index contributed by atoms with van der Waals surface area (Å²) in [4.78, 5) is 19.8. The van der Waals surface area contributed by atoms with Crippen LogP contribution in [0.3, 0.4) is 0 Å². The van der Waals surface area contributed by atoms with Gasteiger partial charge in [0.2, 0.25) is 5.91 Å². The Morgan fingerprint density at radius 2 is 1.80 bits per heavy atom. The maximum atomic E-state index is 12.7. The molecule has 1 aliphatic carbocycles. The van der Waals surface area contributed by atoms with E-state index < -0.39 is 21.5 Å². The number of carbonyl (C=O) groups excluding carboxylic acids is 1. The van der Waals surface area contributed by atoms with Crippen molar-refractivity contribution < 1.29 is 18.0 Å². The molecule has 1 aromatic heterocycles. The van der Waals surface area contributed by atoms with E-state index in [1.165, 1.54) is 0 Å². The van der Waals surface area contributed by atoms with Gasteiger partial charge in [-0.05, 0) is 19.4 Å². The Morgan fingerprint density at radius 1 is 1.24 bits per heavy atom. The number of halogens is 6. The first-order valence-electron chi connectivity index (χ1n) is 7.61. The topological polar surface area (TPSA) is 36.4 Å². The molecule has 2 aliphatic rings. The number of hydrogen-bond donors (Lipinski definition) is 0. The Bertz CT molecular complexity index is 705. The lowest BCUT2D eigenvalue weighted by Crippen LogP contribution is -2.51. The minimum absolute atomic E-state index is 0.0655. The van der Waals surface area contributed by atoms with Crippen molar-refractivity contribution >= 4 is 46.5 Å². The average Bonchev–Trinajstić information content (AvgIpc) is 3.05. The summed E-state index contributed by atoms with van der Waals surface area (Å²) in [6.45, 7) is 3.36. The molecule has 3 rings (SSSR count). The molecule has 10 heteroatoms. The van der Waals surface area contributed by atoms with Gasteiger partial charge in [0.1, 0.15) is 10.2 Å². The fourth-order valence-electron chi connectivity index (χ4n) is 2.92. The molecule has 1 unspecified atom stereocenters. The van der Waals surface area contributed by atoms with E-state index in [2.05, 4.69) is 4.98 Å². The van der Waals surface area contributed by atoms with Crippen molar-refractivity contribution in [3.8, 4) is 0 Å². The second-order valence-electron chi connectivity index (χ2n) is 6.52. The average molecular weight is 417 g/mol. The molecule has 0 spiro atoms. The zero-order valence-corrected chi connectivity index (χ0v) is 15.5. The summed E-state index contributed by atoms with van der Waals surface area (Å²) in [5.74, 6) is 0.173. The number of nitrogens with zero attached hydrogens (tertiary/aromatic N) is 3. The number of alkyl halides is 5. The molecule has 0 bridgehead atoms. The van der Waals surface area contributed by atoms with E-state index in [-0.39, 0.29) is 16.7 Å². The van der Waals surface area contributed by atoms with E-state index in [9.17, 15) is 18.0 Å². The molecule has 1 saturated heterocycles. The van der Waals surface area contributed by atoms with Crippen molar-refractivity contribution in [2.45, 2.75) is 23.9 Å². The summed E-state index contributed by atoms with van der Waals surface area (Å²) >= 11 is 18.1. The molecule has 1 aliphatic heterocycles. The monoisotopic (exact) mass is 415 g/mol. The molecule has 1 aromatic rings. The van der Waals surface area contributed by atoms with E-state index in [1.807, 2.05) is 0 Å². The van der Waals surface area contributed by atoms with Gasteiger partial charge in [0, 0.05) is 32.4 Å². The van der Waals surface area contributed by atoms with Crippen LogP contribution in [-0.2, 0) is 11.0 Å². The van der Waals surface area contributed by atoms with Crippen molar-refractivity contribution in [2.75, 3.05) is 31.1 Å². The highest BCUT2D eigenvalue weighted by Gasteiger charge is 2.68. The molecule has 2 fully saturated rings. The van der Waals surface area contributed by atoms with E-state index in [0.29, 0.717) is 32.6 Å². The first-order valence-corrected chi connectivity index (χ1v) is 8.74. The van der Waals surface area contributed by atoms with Crippen molar-refractivity contribution in [2.24, 2.45) is 5.41 Å². The first-order chi connectivity index (χ1) is 11.5. The predicted octanol–water partition coefficient (Wildman–Crippen LogP) is 3.99. The van der Waals surface area contributed by atoms with Gasteiger partial charge >= 0.3 is 6.18 Å². The van der Waals surface area contributed by atoms with E-state index in [1.54, 1.807) is 16.7 Å². The van der Waals surface area contributed by atoms with Crippen molar-refractivity contribution in [1.82, 2.24) is 9.88 Å². The number of piperazine rings is 1. The highest BCUT2D eigenvalue weighted by atomic mass is 35.5. The number of pyridine rings is 1. The molecule has 0 radical (unpaired) electrons. The van der Waals surface area contributed by atoms with Crippen LogP contribution in [0.15, 0.2) is 12.3 Å². The van der Waals surface area contributed by atoms with E-state index in [0.717, 1.165) is 12.3 Å². The standard InChI is InChI=1S/C15H15Cl3F3N3O/c1-13(8-14(13,17)18)12(25)24-4-2-23(3-5-24)11-10(16)6-9(7-22-11)15(19,20)21/h6-7H,2-5,8H2,1H3. The fraction of sp³-hybridized carbons (Fsp3) is 0.600. The van der Waals surface area contributed by atoms with Gasteiger partial charge in [-0.25, -0.2) is 4.98 Å². The Hall–Kier alpha value is -0.920. The van der Waals surface area contributed by atoms with Gasteiger partial charge in [-0.3, -0.25) is 4.79 Å². The number of rotatable bonds is 2. The van der Waals surface area contributed by atoms with Gasteiger partial charge in [0.25, 0.3) is 0 Å². The number of amides is 1. The van der Waals surface area contributed by atoms with Crippen molar-refractivity contribution in [3.05, 3.63) is 22.8 Å². The van der Waals surface area contributed by atoms with Gasteiger partial charge in [-0.1, -0.05) is 11.6 Å². The maximum Gasteiger partial charge on any atom is 0.417 e. The van der Waals surface area contributed by atoms with Crippen LogP contribution in [0.2, 0.25) is 5.02 Å². The summed E-state index contributed by atoms with van der Waals surface area (Å²) in [5, 5.41) is -0.0655. The van der Waals surface area contributed by atoms with Crippen LogP contribution in [0.4, 0.5) is 19.0 Å². The highest BCUT2D eigenvalue weighted by molar-refractivity contribution is 6.53. The fourth-order valence-corrected chi connectivity index (χ4v) is 3.90. The SMILES string of the molecule is CC1(C(=O)N2CCN(c3ncc(C(F)(F)F)cc3Cl)CC2)CC1(Cl)Cl. The lowest BCUT2D eigenvalue weighted by Gasteiger charge is -2.37. The second-order valence-corrected chi connectivity index (χ2v) is 8.41. The molecule has 138 valence electrons. The highest BCUT2D eigenvalue weighted by Crippen LogP contribution is 2.64. The number of aromatic nitrogens is 1. The minimum atomic E-state index is -4.49. The number of carbonyl (C=O) groups is 1. The quantitative estimate of drug-likeness (QED) is 0.684. The molecule has 0 N–H and O–H groups in total. The van der Waals surface area contributed by atoms with Crippen LogP contribution < -0.4 is 4.90 Å². The third-order valence-corrected chi connectivity index (χ3v) is 6.12. The first kappa shape index (κ1) is 18.9. The summed E-state index contributed by atoms with van der Waals surface area (Å²) in [6.07, 6.45) is -3.32. The van der Waals surface area contributed by atoms with E-state index in [4.69, 9.17) is 34.8 Å². The van der Waals surface area contributed by atoms with Gasteiger partial charge in [0.15, 0.2) is 0 Å². The van der Waals surface area contributed by atoms with Gasteiger partial charge in [-0.2, -0.15) is 13.2 Å². The van der Waals surface area contributed by atoms with Gasteiger partial charge in [-0.15, -0.1) is 23.2 Å². The second kappa shape index (κ2) is 6.06. The molecule has 1 atom stereocenters. The maximum absolute atomic E-state index is 12.7. The van der Waals surface area contributed by atoms with Crippen LogP contribution in [-0.4, -0.2) is 46.3 Å². The molecule has 0 aromatic carbocycles. The van der Waals surface area contributed by atoms with Crippen molar-refractivity contribution in [3.63, 3.8) is 0 Å². The van der Waals surface area contributed by atoms with Crippen LogP contribution in [0, 0.1) is 5.41 Å².